The normalized spacial score (nSPS) is 11.0. The molecule has 2 aromatic heterocycles. The molecule has 0 aliphatic heterocycles. The Morgan fingerprint density at radius 1 is 1.43 bits per heavy atom. The predicted molar refractivity (Wildman–Crippen MR) is 84.0 cm³/mol. The summed E-state index contributed by atoms with van der Waals surface area (Å²) in [5, 5.41) is 8.39. The number of hydrogen-bond acceptors (Lipinski definition) is 4. The van der Waals surface area contributed by atoms with Crippen LogP contribution in [0.2, 0.25) is 10.0 Å². The third kappa shape index (κ3) is 2.74. The zero-order valence-corrected chi connectivity index (χ0v) is 13.3. The van der Waals surface area contributed by atoms with Crippen molar-refractivity contribution in [3.8, 4) is 0 Å². The number of benzene rings is 1. The van der Waals surface area contributed by atoms with Crippen LogP contribution in [0.15, 0.2) is 24.5 Å². The first kappa shape index (κ1) is 14.3. The van der Waals surface area contributed by atoms with Crippen molar-refractivity contribution < 1.29 is 4.79 Å². The van der Waals surface area contributed by atoms with Gasteiger partial charge in [0.2, 0.25) is 0 Å². The van der Waals surface area contributed by atoms with Crippen LogP contribution in [0, 0.1) is 0 Å². The van der Waals surface area contributed by atoms with Crippen molar-refractivity contribution >= 4 is 50.5 Å². The monoisotopic (exact) mass is 340 g/mol. The number of carbonyl (C=O) groups excluding carboxylic acids is 1. The van der Waals surface area contributed by atoms with Gasteiger partial charge in [-0.3, -0.25) is 9.89 Å². The van der Waals surface area contributed by atoms with Crippen LogP contribution < -0.4 is 0 Å². The van der Waals surface area contributed by atoms with Gasteiger partial charge < -0.3 is 4.90 Å². The van der Waals surface area contributed by atoms with E-state index in [0.29, 0.717) is 27.3 Å². The van der Waals surface area contributed by atoms with Gasteiger partial charge in [-0.1, -0.05) is 29.3 Å². The largest absolute Gasteiger partial charge is 0.333 e. The Hall–Kier alpha value is -1.63. The van der Waals surface area contributed by atoms with Crippen LogP contribution in [0.4, 0.5) is 0 Å². The number of carbonyl (C=O) groups is 1. The quantitative estimate of drug-likeness (QED) is 0.792. The van der Waals surface area contributed by atoms with Crippen molar-refractivity contribution in [1.29, 1.82) is 0 Å². The number of thiophene rings is 1. The van der Waals surface area contributed by atoms with E-state index in [1.807, 2.05) is 6.07 Å². The highest BCUT2D eigenvalue weighted by molar-refractivity contribution is 7.21. The van der Waals surface area contributed by atoms with Crippen molar-refractivity contribution in [2.75, 3.05) is 7.05 Å². The Bertz CT molecular complexity index is 800. The lowest BCUT2D eigenvalue weighted by Gasteiger charge is -2.14. The fourth-order valence-electron chi connectivity index (χ4n) is 1.95. The molecule has 108 valence electrons. The lowest BCUT2D eigenvalue weighted by atomic mass is 10.2. The predicted octanol–water partition coefficient (Wildman–Crippen LogP) is 3.60. The van der Waals surface area contributed by atoms with Gasteiger partial charge in [-0.25, -0.2) is 4.98 Å². The van der Waals surface area contributed by atoms with E-state index >= 15 is 0 Å². The fourth-order valence-corrected chi connectivity index (χ4v) is 3.74. The van der Waals surface area contributed by atoms with Crippen LogP contribution in [-0.4, -0.2) is 33.0 Å². The van der Waals surface area contributed by atoms with E-state index < -0.39 is 0 Å². The van der Waals surface area contributed by atoms with Gasteiger partial charge in [-0.15, -0.1) is 11.3 Å². The topological polar surface area (TPSA) is 61.9 Å². The molecular weight excluding hydrogens is 331 g/mol. The van der Waals surface area contributed by atoms with Crippen molar-refractivity contribution in [1.82, 2.24) is 20.1 Å². The molecule has 1 aromatic carbocycles. The molecule has 3 rings (SSSR count). The van der Waals surface area contributed by atoms with Crippen LogP contribution in [0.1, 0.15) is 15.5 Å². The molecule has 0 atom stereocenters. The second-order valence-electron chi connectivity index (χ2n) is 4.48. The van der Waals surface area contributed by atoms with E-state index in [2.05, 4.69) is 15.2 Å². The zero-order valence-electron chi connectivity index (χ0n) is 10.9. The van der Waals surface area contributed by atoms with Crippen molar-refractivity contribution in [2.24, 2.45) is 0 Å². The summed E-state index contributed by atoms with van der Waals surface area (Å²) in [5.41, 5.74) is 0. The van der Waals surface area contributed by atoms with Crippen LogP contribution in [0.3, 0.4) is 0 Å². The van der Waals surface area contributed by atoms with Gasteiger partial charge in [0.1, 0.15) is 17.0 Å². The van der Waals surface area contributed by atoms with E-state index in [4.69, 9.17) is 23.2 Å². The number of amides is 1. The van der Waals surface area contributed by atoms with Gasteiger partial charge in [0.25, 0.3) is 5.91 Å². The summed E-state index contributed by atoms with van der Waals surface area (Å²) in [5.74, 6) is 0.458. The number of halogens is 2. The smallest absolute Gasteiger partial charge is 0.265 e. The van der Waals surface area contributed by atoms with Gasteiger partial charge in [0.05, 0.1) is 11.6 Å². The molecule has 0 saturated carbocycles. The molecule has 0 unspecified atom stereocenters. The minimum atomic E-state index is -0.159. The highest BCUT2D eigenvalue weighted by Crippen LogP contribution is 2.37. The number of rotatable bonds is 3. The maximum absolute atomic E-state index is 12.5. The first-order chi connectivity index (χ1) is 10.1. The van der Waals surface area contributed by atoms with Gasteiger partial charge >= 0.3 is 0 Å². The summed E-state index contributed by atoms with van der Waals surface area (Å²) in [7, 11) is 1.69. The number of H-pyrrole nitrogens is 1. The Morgan fingerprint density at radius 3 is 2.95 bits per heavy atom. The number of nitrogens with one attached hydrogen (secondary N) is 1. The molecule has 0 fully saturated rings. The number of aromatic amines is 1. The average molecular weight is 341 g/mol. The van der Waals surface area contributed by atoms with Crippen LogP contribution in [-0.2, 0) is 6.54 Å². The van der Waals surface area contributed by atoms with E-state index in [1.165, 1.54) is 17.7 Å². The molecule has 1 amide bonds. The standard InChI is InChI=1S/C13H10Cl2N4OS/c1-19(5-10-16-6-17-18-10)13(20)12-11(15)8-3-2-7(14)4-9(8)21-12/h2-4,6H,5H2,1H3,(H,16,17,18). The van der Waals surface area contributed by atoms with E-state index in [0.717, 1.165) is 10.1 Å². The molecule has 0 aliphatic carbocycles. The number of fused-ring (bicyclic) bond motifs is 1. The van der Waals surface area contributed by atoms with Gasteiger partial charge in [-0.05, 0) is 12.1 Å². The molecule has 0 aliphatic rings. The first-order valence-electron chi connectivity index (χ1n) is 6.03. The zero-order chi connectivity index (χ0) is 15.0. The molecule has 8 heteroatoms. The highest BCUT2D eigenvalue weighted by atomic mass is 35.5. The Labute approximate surface area is 134 Å². The lowest BCUT2D eigenvalue weighted by molar-refractivity contribution is 0.0786. The van der Waals surface area contributed by atoms with Crippen LogP contribution in [0.25, 0.3) is 10.1 Å². The van der Waals surface area contributed by atoms with Gasteiger partial charge in [-0.2, -0.15) is 5.10 Å². The third-order valence-corrected chi connectivity index (χ3v) is 4.86. The van der Waals surface area contributed by atoms with Crippen molar-refractivity contribution in [3.63, 3.8) is 0 Å². The summed E-state index contributed by atoms with van der Waals surface area (Å²) in [6, 6.07) is 5.39. The number of hydrogen-bond donors (Lipinski definition) is 1. The molecule has 0 saturated heterocycles. The summed E-state index contributed by atoms with van der Waals surface area (Å²) < 4.78 is 0.893. The second kappa shape index (κ2) is 5.63. The molecule has 2 heterocycles. The minimum absolute atomic E-state index is 0.159. The maximum Gasteiger partial charge on any atom is 0.265 e. The van der Waals surface area contributed by atoms with Gasteiger partial charge in [0, 0.05) is 22.2 Å². The first-order valence-corrected chi connectivity index (χ1v) is 7.61. The fraction of sp³-hybridized carbons (Fsp3) is 0.154. The van der Waals surface area contributed by atoms with Gasteiger partial charge in [0.15, 0.2) is 0 Å². The molecular formula is C13H10Cl2N4OS. The lowest BCUT2D eigenvalue weighted by Crippen LogP contribution is -2.26. The van der Waals surface area contributed by atoms with Crippen LogP contribution in [0.5, 0.6) is 0 Å². The maximum atomic E-state index is 12.5. The summed E-state index contributed by atoms with van der Waals surface area (Å²) >= 11 is 13.6. The van der Waals surface area contributed by atoms with E-state index in [9.17, 15) is 4.79 Å². The van der Waals surface area contributed by atoms with E-state index in [-0.39, 0.29) is 5.91 Å². The van der Waals surface area contributed by atoms with E-state index in [1.54, 1.807) is 24.1 Å². The summed E-state index contributed by atoms with van der Waals surface area (Å²) in [4.78, 5) is 18.5. The second-order valence-corrected chi connectivity index (χ2v) is 6.35. The Balaban J connectivity index is 1.92. The number of nitrogens with zero attached hydrogens (tertiary/aromatic N) is 3. The molecule has 5 nitrogen and oxygen atoms in total. The third-order valence-electron chi connectivity index (χ3n) is 2.98. The average Bonchev–Trinajstić information content (AvgIpc) is 3.06. The molecule has 3 aromatic rings. The van der Waals surface area contributed by atoms with Crippen molar-refractivity contribution in [3.05, 3.63) is 45.3 Å². The molecule has 21 heavy (non-hydrogen) atoms. The molecule has 0 radical (unpaired) electrons. The molecule has 1 N–H and O–H groups in total. The summed E-state index contributed by atoms with van der Waals surface area (Å²) in [6.45, 7) is 0.337. The Kier molecular flexibility index (Phi) is 3.84. The number of aromatic nitrogens is 3. The Morgan fingerprint density at radius 2 is 2.24 bits per heavy atom. The van der Waals surface area contributed by atoms with Crippen molar-refractivity contribution in [2.45, 2.75) is 6.54 Å². The van der Waals surface area contributed by atoms with Crippen LogP contribution >= 0.6 is 34.5 Å². The summed E-state index contributed by atoms with van der Waals surface area (Å²) in [6.07, 6.45) is 1.40. The molecule has 0 spiro atoms. The molecule has 0 bridgehead atoms. The SMILES string of the molecule is CN(Cc1ncn[nH]1)C(=O)c1sc2cc(Cl)ccc2c1Cl. The highest BCUT2D eigenvalue weighted by Gasteiger charge is 2.21. The minimum Gasteiger partial charge on any atom is -0.333 e.